The summed E-state index contributed by atoms with van der Waals surface area (Å²) < 4.78 is 0. The Labute approximate surface area is 142 Å². The van der Waals surface area contributed by atoms with Gasteiger partial charge in [-0.15, -0.1) is 24.0 Å². The average molecular weight is 396 g/mol. The van der Waals surface area contributed by atoms with E-state index in [2.05, 4.69) is 29.1 Å². The molecule has 0 atom stereocenters. The number of hydrogen-bond donors (Lipinski definition) is 2. The minimum absolute atomic E-state index is 0. The van der Waals surface area contributed by atoms with E-state index in [0.717, 1.165) is 32.0 Å². The number of halogens is 1. The van der Waals surface area contributed by atoms with Gasteiger partial charge in [0.25, 0.3) is 0 Å². The monoisotopic (exact) mass is 396 g/mol. The maximum absolute atomic E-state index is 5.86. The fraction of sp³-hybridized carbons (Fsp3) is 0.933. The van der Waals surface area contributed by atoms with E-state index in [4.69, 9.17) is 5.73 Å². The van der Waals surface area contributed by atoms with Crippen molar-refractivity contribution in [3.05, 3.63) is 0 Å². The maximum Gasteiger partial charge on any atom is 0.188 e. The first-order valence-corrected chi connectivity index (χ1v) is 8.02. The summed E-state index contributed by atoms with van der Waals surface area (Å²) in [6.07, 6.45) is 7.65. The first-order valence-electron chi connectivity index (χ1n) is 8.02. The van der Waals surface area contributed by atoms with Crippen LogP contribution < -0.4 is 11.1 Å². The fourth-order valence-electron chi connectivity index (χ4n) is 2.45. The average Bonchev–Trinajstić information content (AvgIpc) is 2.33. The van der Waals surface area contributed by atoms with Crippen LogP contribution in [0.2, 0.25) is 0 Å². The molecule has 0 amide bonds. The lowest BCUT2D eigenvalue weighted by Gasteiger charge is -2.23. The second-order valence-corrected chi connectivity index (χ2v) is 5.64. The van der Waals surface area contributed by atoms with Gasteiger partial charge in [-0.05, 0) is 57.7 Å². The van der Waals surface area contributed by atoms with E-state index in [-0.39, 0.29) is 24.0 Å². The van der Waals surface area contributed by atoms with Crippen LogP contribution in [0.25, 0.3) is 0 Å². The Morgan fingerprint density at radius 2 is 1.85 bits per heavy atom. The molecule has 1 aliphatic carbocycles. The van der Waals surface area contributed by atoms with Crippen LogP contribution in [0.15, 0.2) is 4.99 Å². The highest BCUT2D eigenvalue weighted by atomic mass is 127. The molecule has 0 aliphatic heterocycles. The second kappa shape index (κ2) is 12.7. The minimum Gasteiger partial charge on any atom is -0.370 e. The summed E-state index contributed by atoms with van der Waals surface area (Å²) in [4.78, 5) is 6.94. The zero-order chi connectivity index (χ0) is 13.9. The first-order chi connectivity index (χ1) is 9.26. The zero-order valence-corrected chi connectivity index (χ0v) is 15.6. The molecular formula is C15H33IN4. The number of nitrogens with zero attached hydrogens (tertiary/aromatic N) is 2. The number of hydrogen-bond acceptors (Lipinski definition) is 2. The fourth-order valence-corrected chi connectivity index (χ4v) is 2.45. The molecule has 1 rings (SSSR count). The lowest BCUT2D eigenvalue weighted by atomic mass is 9.86. The quantitative estimate of drug-likeness (QED) is 0.258. The molecule has 1 fully saturated rings. The number of nitrogens with two attached hydrogens (primary N) is 1. The highest BCUT2D eigenvalue weighted by Gasteiger charge is 2.16. The molecule has 0 aromatic carbocycles. The molecule has 0 bridgehead atoms. The molecule has 0 heterocycles. The smallest absolute Gasteiger partial charge is 0.188 e. The van der Waals surface area contributed by atoms with Crippen LogP contribution in [0, 0.1) is 5.92 Å². The summed E-state index contributed by atoms with van der Waals surface area (Å²) in [6.45, 7) is 9.90. The van der Waals surface area contributed by atoms with Gasteiger partial charge in [0, 0.05) is 13.1 Å². The Balaban J connectivity index is 0.00000361. The van der Waals surface area contributed by atoms with Gasteiger partial charge in [0.2, 0.25) is 0 Å². The van der Waals surface area contributed by atoms with Crippen LogP contribution in [-0.4, -0.2) is 43.6 Å². The van der Waals surface area contributed by atoms with Gasteiger partial charge in [-0.3, -0.25) is 4.99 Å². The first kappa shape index (κ1) is 20.0. The van der Waals surface area contributed by atoms with Crippen molar-refractivity contribution in [1.29, 1.82) is 0 Å². The Morgan fingerprint density at radius 1 is 1.20 bits per heavy atom. The Bertz CT molecular complexity index is 248. The molecule has 0 saturated heterocycles. The topological polar surface area (TPSA) is 53.6 Å². The molecule has 1 saturated carbocycles. The van der Waals surface area contributed by atoms with Crippen LogP contribution in [0.4, 0.5) is 0 Å². The Hall–Kier alpha value is -0.0400. The van der Waals surface area contributed by atoms with Crippen molar-refractivity contribution in [1.82, 2.24) is 10.2 Å². The molecule has 5 heteroatoms. The van der Waals surface area contributed by atoms with Crippen molar-refractivity contribution in [2.75, 3.05) is 32.7 Å². The lowest BCUT2D eigenvalue weighted by molar-refractivity contribution is 0.271. The van der Waals surface area contributed by atoms with Gasteiger partial charge in [-0.25, -0.2) is 0 Å². The van der Waals surface area contributed by atoms with Gasteiger partial charge in [-0.1, -0.05) is 20.3 Å². The standard InChI is InChI=1S/C15H32N4.HI/c1-3-10-19(11-4-2)12-6-9-17-15(16)18-13-14-7-5-8-14;/h14H,3-13H2,1-2H3,(H3,16,17,18);1H. The molecule has 0 unspecified atom stereocenters. The van der Waals surface area contributed by atoms with Gasteiger partial charge in [0.1, 0.15) is 0 Å². The number of nitrogens with one attached hydrogen (secondary N) is 1. The van der Waals surface area contributed by atoms with E-state index in [0.29, 0.717) is 5.96 Å². The highest BCUT2D eigenvalue weighted by Crippen LogP contribution is 2.26. The van der Waals surface area contributed by atoms with Gasteiger partial charge < -0.3 is 16.0 Å². The van der Waals surface area contributed by atoms with Gasteiger partial charge in [0.15, 0.2) is 5.96 Å². The molecule has 0 aromatic rings. The van der Waals surface area contributed by atoms with Crippen molar-refractivity contribution in [3.8, 4) is 0 Å². The normalized spacial score (nSPS) is 15.8. The van der Waals surface area contributed by atoms with Crippen molar-refractivity contribution < 1.29 is 0 Å². The molecule has 0 radical (unpaired) electrons. The Kier molecular flexibility index (Phi) is 12.7. The van der Waals surface area contributed by atoms with E-state index >= 15 is 0 Å². The summed E-state index contributed by atoms with van der Waals surface area (Å²) in [7, 11) is 0. The van der Waals surface area contributed by atoms with E-state index < -0.39 is 0 Å². The zero-order valence-electron chi connectivity index (χ0n) is 13.2. The summed E-state index contributed by atoms with van der Waals surface area (Å²) >= 11 is 0. The predicted molar refractivity (Wildman–Crippen MR) is 98.9 cm³/mol. The minimum atomic E-state index is 0. The van der Waals surface area contributed by atoms with Crippen molar-refractivity contribution in [2.45, 2.75) is 52.4 Å². The van der Waals surface area contributed by atoms with E-state index in [1.165, 1.54) is 45.2 Å². The Morgan fingerprint density at radius 3 is 2.35 bits per heavy atom. The summed E-state index contributed by atoms with van der Waals surface area (Å²) in [5, 5.41) is 3.23. The van der Waals surface area contributed by atoms with Gasteiger partial charge in [-0.2, -0.15) is 0 Å². The molecule has 20 heavy (non-hydrogen) atoms. The highest BCUT2D eigenvalue weighted by molar-refractivity contribution is 14.0. The summed E-state index contributed by atoms with van der Waals surface area (Å²) in [5.41, 5.74) is 5.86. The van der Waals surface area contributed by atoms with Crippen LogP contribution in [0.3, 0.4) is 0 Å². The number of aliphatic imine (C=N–C) groups is 1. The maximum atomic E-state index is 5.86. The van der Waals surface area contributed by atoms with Crippen molar-refractivity contribution >= 4 is 29.9 Å². The third-order valence-corrected chi connectivity index (χ3v) is 3.78. The lowest BCUT2D eigenvalue weighted by Crippen LogP contribution is -2.35. The molecule has 4 nitrogen and oxygen atoms in total. The molecular weight excluding hydrogens is 363 g/mol. The molecule has 1 aliphatic rings. The third-order valence-electron chi connectivity index (χ3n) is 3.78. The number of guanidine groups is 1. The van der Waals surface area contributed by atoms with Crippen LogP contribution >= 0.6 is 24.0 Å². The van der Waals surface area contributed by atoms with E-state index in [9.17, 15) is 0 Å². The molecule has 120 valence electrons. The second-order valence-electron chi connectivity index (χ2n) is 5.64. The number of rotatable bonds is 10. The van der Waals surface area contributed by atoms with E-state index in [1.807, 2.05) is 0 Å². The van der Waals surface area contributed by atoms with Crippen molar-refractivity contribution in [3.63, 3.8) is 0 Å². The van der Waals surface area contributed by atoms with Crippen LogP contribution in [0.5, 0.6) is 0 Å². The van der Waals surface area contributed by atoms with E-state index in [1.54, 1.807) is 0 Å². The van der Waals surface area contributed by atoms with Crippen molar-refractivity contribution in [2.24, 2.45) is 16.6 Å². The van der Waals surface area contributed by atoms with Gasteiger partial charge in [0.05, 0.1) is 0 Å². The SMILES string of the molecule is CCCN(CCC)CCCNC(N)=NCC1CCC1.I. The molecule has 0 aromatic heterocycles. The molecule has 0 spiro atoms. The van der Waals surface area contributed by atoms with Crippen LogP contribution in [-0.2, 0) is 0 Å². The molecule has 3 N–H and O–H groups in total. The third kappa shape index (κ3) is 9.00. The predicted octanol–water partition coefficient (Wildman–Crippen LogP) is 2.82. The van der Waals surface area contributed by atoms with Gasteiger partial charge >= 0.3 is 0 Å². The van der Waals surface area contributed by atoms with Crippen LogP contribution in [0.1, 0.15) is 52.4 Å². The largest absolute Gasteiger partial charge is 0.370 e. The summed E-state index contributed by atoms with van der Waals surface area (Å²) in [6, 6.07) is 0. The summed E-state index contributed by atoms with van der Waals surface area (Å²) in [5.74, 6) is 1.43.